The van der Waals surface area contributed by atoms with E-state index in [1.165, 1.54) is 11.1 Å². The summed E-state index contributed by atoms with van der Waals surface area (Å²) < 4.78 is 0. The molecule has 0 atom stereocenters. The molecule has 0 saturated heterocycles. The molecule has 1 heteroatoms. The molecule has 0 aliphatic heterocycles. The summed E-state index contributed by atoms with van der Waals surface area (Å²) in [6.45, 7) is 21.4. The van der Waals surface area contributed by atoms with Gasteiger partial charge in [0.2, 0.25) is 0 Å². The van der Waals surface area contributed by atoms with Crippen molar-refractivity contribution in [2.45, 2.75) is 60.9 Å². The van der Waals surface area contributed by atoms with Gasteiger partial charge in [0.1, 0.15) is 0 Å². The van der Waals surface area contributed by atoms with Crippen molar-refractivity contribution in [1.82, 2.24) is 5.32 Å². The first-order valence-electron chi connectivity index (χ1n) is 6.30. The Balaban J connectivity index is 4.95. The minimum absolute atomic E-state index is 0.0850. The normalized spacial score (nSPS) is 14.8. The SMILES string of the molecule is C=C(/C(C)=C/C(=C\C)NC(C)(C)C)C(C)(C)C. The maximum absolute atomic E-state index is 4.19. The third-order valence-corrected chi connectivity index (χ3v) is 2.58. The summed E-state index contributed by atoms with van der Waals surface area (Å²) in [5, 5.41) is 3.49. The summed E-state index contributed by atoms with van der Waals surface area (Å²) in [7, 11) is 0. The average molecular weight is 235 g/mol. The van der Waals surface area contributed by atoms with Crippen LogP contribution in [-0.2, 0) is 0 Å². The van der Waals surface area contributed by atoms with Gasteiger partial charge in [0, 0.05) is 11.2 Å². The Morgan fingerprint density at radius 2 is 1.53 bits per heavy atom. The maximum Gasteiger partial charge on any atom is 0.0303 e. The van der Waals surface area contributed by atoms with Gasteiger partial charge >= 0.3 is 0 Å². The van der Waals surface area contributed by atoms with Gasteiger partial charge in [-0.15, -0.1) is 0 Å². The molecule has 0 amide bonds. The highest BCUT2D eigenvalue weighted by Gasteiger charge is 2.16. The van der Waals surface area contributed by atoms with E-state index in [1.54, 1.807) is 0 Å². The van der Waals surface area contributed by atoms with Crippen molar-refractivity contribution in [1.29, 1.82) is 0 Å². The van der Waals surface area contributed by atoms with Gasteiger partial charge in [-0.2, -0.15) is 0 Å². The van der Waals surface area contributed by atoms with Crippen molar-refractivity contribution < 1.29 is 0 Å². The topological polar surface area (TPSA) is 12.0 Å². The zero-order chi connectivity index (χ0) is 13.9. The van der Waals surface area contributed by atoms with Crippen LogP contribution < -0.4 is 5.32 Å². The summed E-state index contributed by atoms with van der Waals surface area (Å²) in [5.74, 6) is 0. The molecule has 17 heavy (non-hydrogen) atoms. The third-order valence-electron chi connectivity index (χ3n) is 2.58. The van der Waals surface area contributed by atoms with Crippen LogP contribution >= 0.6 is 0 Å². The van der Waals surface area contributed by atoms with Crippen molar-refractivity contribution in [3.05, 3.63) is 35.6 Å². The van der Waals surface area contributed by atoms with Crippen molar-refractivity contribution in [2.24, 2.45) is 5.41 Å². The van der Waals surface area contributed by atoms with E-state index in [2.05, 4.69) is 79.4 Å². The standard InChI is InChI=1S/C16H29N/c1-10-14(17-16(7,8)9)11-12(2)13(3)15(4,5)6/h10-11,17H,3H2,1-2,4-9H3/b12-11+,14-10+. The highest BCUT2D eigenvalue weighted by molar-refractivity contribution is 5.36. The smallest absolute Gasteiger partial charge is 0.0303 e. The summed E-state index contributed by atoms with van der Waals surface area (Å²) in [5.41, 5.74) is 3.79. The minimum atomic E-state index is 0.0850. The minimum Gasteiger partial charge on any atom is -0.381 e. The van der Waals surface area contributed by atoms with Crippen LogP contribution in [0.25, 0.3) is 0 Å². The number of hydrogen-bond donors (Lipinski definition) is 1. The van der Waals surface area contributed by atoms with E-state index in [1.807, 2.05) is 0 Å². The van der Waals surface area contributed by atoms with Crippen LogP contribution in [0.4, 0.5) is 0 Å². The lowest BCUT2D eigenvalue weighted by Gasteiger charge is -2.25. The molecular formula is C16H29N. The summed E-state index contributed by atoms with van der Waals surface area (Å²) in [4.78, 5) is 0. The monoisotopic (exact) mass is 235 g/mol. The molecular weight excluding hydrogens is 206 g/mol. The van der Waals surface area contributed by atoms with Gasteiger partial charge < -0.3 is 5.32 Å². The van der Waals surface area contributed by atoms with E-state index in [9.17, 15) is 0 Å². The van der Waals surface area contributed by atoms with Gasteiger partial charge in [-0.3, -0.25) is 0 Å². The fraction of sp³-hybridized carbons (Fsp3) is 0.625. The second kappa shape index (κ2) is 5.57. The lowest BCUT2D eigenvalue weighted by Crippen LogP contribution is -2.34. The number of rotatable bonds is 3. The molecule has 1 N–H and O–H groups in total. The molecule has 0 unspecified atom stereocenters. The van der Waals surface area contributed by atoms with Crippen LogP contribution in [0.3, 0.4) is 0 Å². The average Bonchev–Trinajstić information content (AvgIpc) is 2.11. The van der Waals surface area contributed by atoms with Crippen molar-refractivity contribution in [3.63, 3.8) is 0 Å². The Morgan fingerprint density at radius 1 is 1.06 bits per heavy atom. The molecule has 0 fully saturated rings. The van der Waals surface area contributed by atoms with E-state index >= 15 is 0 Å². The van der Waals surface area contributed by atoms with Gasteiger partial charge in [0.25, 0.3) is 0 Å². The number of nitrogens with one attached hydrogen (secondary N) is 1. The lowest BCUT2D eigenvalue weighted by molar-refractivity contribution is 0.478. The zero-order valence-corrected chi connectivity index (χ0v) is 12.9. The summed E-state index contributed by atoms with van der Waals surface area (Å²) in [6.07, 6.45) is 4.28. The Hall–Kier alpha value is -0.980. The molecule has 1 nitrogen and oxygen atoms in total. The number of hydrogen-bond acceptors (Lipinski definition) is 1. The van der Waals surface area contributed by atoms with Crippen LogP contribution in [0.15, 0.2) is 35.6 Å². The van der Waals surface area contributed by atoms with Crippen LogP contribution in [0.5, 0.6) is 0 Å². The first-order chi connectivity index (χ1) is 7.47. The largest absolute Gasteiger partial charge is 0.381 e. The molecule has 0 bridgehead atoms. The summed E-state index contributed by atoms with van der Waals surface area (Å²) in [6, 6.07) is 0. The van der Waals surface area contributed by atoms with E-state index in [0.717, 1.165) is 5.70 Å². The van der Waals surface area contributed by atoms with Crippen molar-refractivity contribution in [2.75, 3.05) is 0 Å². The Morgan fingerprint density at radius 3 is 1.82 bits per heavy atom. The molecule has 0 aromatic carbocycles. The second-order valence-corrected chi connectivity index (χ2v) is 6.67. The molecule has 0 rings (SSSR count). The van der Waals surface area contributed by atoms with Gasteiger partial charge in [-0.1, -0.05) is 33.4 Å². The quantitative estimate of drug-likeness (QED) is 0.691. The highest BCUT2D eigenvalue weighted by atomic mass is 15.0. The van der Waals surface area contributed by atoms with Gasteiger partial charge in [-0.05, 0) is 57.3 Å². The molecule has 0 spiro atoms. The molecule has 98 valence electrons. The third kappa shape index (κ3) is 6.35. The Labute approximate surface area is 108 Å². The van der Waals surface area contributed by atoms with Crippen LogP contribution in [-0.4, -0.2) is 5.54 Å². The molecule has 0 aliphatic carbocycles. The zero-order valence-electron chi connectivity index (χ0n) is 12.9. The van der Waals surface area contributed by atoms with Gasteiger partial charge in [-0.25, -0.2) is 0 Å². The van der Waals surface area contributed by atoms with E-state index in [4.69, 9.17) is 0 Å². The molecule has 0 aromatic heterocycles. The van der Waals surface area contributed by atoms with Crippen molar-refractivity contribution >= 4 is 0 Å². The van der Waals surface area contributed by atoms with Gasteiger partial charge in [0.05, 0.1) is 0 Å². The van der Waals surface area contributed by atoms with E-state index in [-0.39, 0.29) is 11.0 Å². The summed E-state index contributed by atoms with van der Waals surface area (Å²) >= 11 is 0. The fourth-order valence-corrected chi connectivity index (χ4v) is 1.54. The first-order valence-corrected chi connectivity index (χ1v) is 6.30. The van der Waals surface area contributed by atoms with Crippen molar-refractivity contribution in [3.8, 4) is 0 Å². The Bertz CT molecular complexity index is 330. The predicted molar refractivity (Wildman–Crippen MR) is 79.0 cm³/mol. The van der Waals surface area contributed by atoms with Gasteiger partial charge in [0.15, 0.2) is 0 Å². The van der Waals surface area contributed by atoms with E-state index in [0.29, 0.717) is 0 Å². The number of allylic oxidation sites excluding steroid dienone is 4. The lowest BCUT2D eigenvalue weighted by atomic mass is 9.83. The highest BCUT2D eigenvalue weighted by Crippen LogP contribution is 2.29. The molecule has 0 radical (unpaired) electrons. The first kappa shape index (κ1) is 16.0. The van der Waals surface area contributed by atoms with Crippen LogP contribution in [0.2, 0.25) is 0 Å². The molecule has 0 aromatic rings. The van der Waals surface area contributed by atoms with Crippen LogP contribution in [0, 0.1) is 5.41 Å². The fourth-order valence-electron chi connectivity index (χ4n) is 1.54. The molecule has 0 saturated carbocycles. The molecule has 0 aliphatic rings. The molecule has 0 heterocycles. The second-order valence-electron chi connectivity index (χ2n) is 6.67. The van der Waals surface area contributed by atoms with Crippen LogP contribution in [0.1, 0.15) is 55.4 Å². The Kier molecular flexibility index (Phi) is 5.25. The van der Waals surface area contributed by atoms with E-state index < -0.39 is 0 Å². The maximum atomic E-state index is 4.19. The predicted octanol–water partition coefficient (Wildman–Crippen LogP) is 4.83.